The molecule has 2 aliphatic heterocycles. The van der Waals surface area contributed by atoms with Crippen LogP contribution in [0.5, 0.6) is 0 Å². The van der Waals surface area contributed by atoms with E-state index in [0.717, 1.165) is 37.0 Å². The van der Waals surface area contributed by atoms with Gasteiger partial charge in [-0.25, -0.2) is 13.2 Å². The lowest BCUT2D eigenvalue weighted by Crippen LogP contribution is -2.63. The molecule has 3 heterocycles. The highest BCUT2D eigenvalue weighted by Crippen LogP contribution is 2.31. The molecular formula is C17H24N4O5S. The van der Waals surface area contributed by atoms with Crippen LogP contribution in [0.25, 0.3) is 0 Å². The Morgan fingerprint density at radius 3 is 2.41 bits per heavy atom. The first-order valence-corrected chi connectivity index (χ1v) is 11.1. The molecule has 3 aliphatic rings. The number of fused-ring (bicyclic) bond motifs is 2. The van der Waals surface area contributed by atoms with Gasteiger partial charge in [-0.15, -0.1) is 0 Å². The number of hydrogen-bond donors (Lipinski definition) is 0. The number of hydrogen-bond acceptors (Lipinski definition) is 6. The maximum atomic E-state index is 13.2. The molecule has 1 aliphatic carbocycles. The van der Waals surface area contributed by atoms with Crippen LogP contribution in [0.4, 0.5) is 4.79 Å². The maximum Gasteiger partial charge on any atom is 0.319 e. The lowest BCUT2D eigenvalue weighted by atomic mass is 9.95. The fraction of sp³-hybridized carbons (Fsp3) is 0.706. The number of carbonyl (C=O) groups excluding carboxylic acids is 2. The molecule has 0 unspecified atom stereocenters. The Labute approximate surface area is 158 Å². The predicted molar refractivity (Wildman–Crippen MR) is 96.2 cm³/mol. The quantitative estimate of drug-likeness (QED) is 0.670. The van der Waals surface area contributed by atoms with E-state index in [9.17, 15) is 18.0 Å². The van der Waals surface area contributed by atoms with E-state index in [1.807, 2.05) is 0 Å². The Balaban J connectivity index is 1.64. The highest BCUT2D eigenvalue weighted by molar-refractivity contribution is 7.91. The van der Waals surface area contributed by atoms with Crippen LogP contribution in [0, 0.1) is 0 Å². The van der Waals surface area contributed by atoms with Crippen LogP contribution < -0.4 is 0 Å². The van der Waals surface area contributed by atoms with Crippen LogP contribution in [0.1, 0.15) is 34.7 Å². The zero-order valence-electron chi connectivity index (χ0n) is 15.5. The van der Waals surface area contributed by atoms with Crippen LogP contribution >= 0.6 is 0 Å². The minimum Gasteiger partial charge on any atom is -0.360 e. The van der Waals surface area contributed by atoms with E-state index in [1.54, 1.807) is 23.9 Å². The van der Waals surface area contributed by atoms with Gasteiger partial charge >= 0.3 is 6.03 Å². The van der Waals surface area contributed by atoms with Gasteiger partial charge in [-0.1, -0.05) is 5.16 Å². The average Bonchev–Trinajstić information content (AvgIpc) is 3.19. The van der Waals surface area contributed by atoms with Gasteiger partial charge < -0.3 is 19.2 Å². The Kier molecular flexibility index (Phi) is 4.40. The third-order valence-electron chi connectivity index (χ3n) is 5.72. The van der Waals surface area contributed by atoms with Crippen LogP contribution in [0.2, 0.25) is 0 Å². The summed E-state index contributed by atoms with van der Waals surface area (Å²) in [6.45, 7) is 0.593. The summed E-state index contributed by atoms with van der Waals surface area (Å²) in [7, 11) is -0.0459. The molecule has 1 aromatic rings. The molecule has 2 saturated heterocycles. The second-order valence-corrected chi connectivity index (χ2v) is 9.87. The smallest absolute Gasteiger partial charge is 0.319 e. The van der Waals surface area contributed by atoms with Crippen molar-refractivity contribution in [3.8, 4) is 0 Å². The van der Waals surface area contributed by atoms with Gasteiger partial charge in [-0.05, 0) is 19.3 Å². The van der Waals surface area contributed by atoms with Gasteiger partial charge in [0.15, 0.2) is 15.5 Å². The van der Waals surface area contributed by atoms with Crippen LogP contribution in [-0.2, 0) is 22.7 Å². The van der Waals surface area contributed by atoms with E-state index >= 15 is 0 Å². The molecule has 0 saturated carbocycles. The summed E-state index contributed by atoms with van der Waals surface area (Å²) in [4.78, 5) is 30.3. The van der Waals surface area contributed by atoms with Crippen molar-refractivity contribution < 1.29 is 22.5 Å². The Bertz CT molecular complexity index is 878. The molecule has 3 amide bonds. The van der Waals surface area contributed by atoms with Crippen molar-refractivity contribution in [1.29, 1.82) is 0 Å². The molecule has 9 nitrogen and oxygen atoms in total. The standard InChI is InChI=1S/C17H24N4O5S/c1-19(2)17(23)21-8-7-20(12-9-27(24,25)10-13(12)21)16(22)15-11-5-3-4-6-14(11)26-18-15/h12-13H,3-10H2,1-2H3/t12-,13+/m1/s1. The van der Waals surface area contributed by atoms with Crippen LogP contribution in [-0.4, -0.2) is 91.0 Å². The average molecular weight is 396 g/mol. The fourth-order valence-corrected chi connectivity index (χ4v) is 6.37. The summed E-state index contributed by atoms with van der Waals surface area (Å²) < 4.78 is 30.0. The monoisotopic (exact) mass is 396 g/mol. The molecule has 4 rings (SSSR count). The number of nitrogens with zero attached hydrogens (tertiary/aromatic N) is 4. The van der Waals surface area contributed by atoms with Gasteiger partial charge in [0, 0.05) is 39.2 Å². The molecule has 2 fully saturated rings. The third-order valence-corrected chi connectivity index (χ3v) is 7.42. The summed E-state index contributed by atoms with van der Waals surface area (Å²) >= 11 is 0. The van der Waals surface area contributed by atoms with Gasteiger partial charge in [0.2, 0.25) is 0 Å². The summed E-state index contributed by atoms with van der Waals surface area (Å²) in [5.41, 5.74) is 1.16. The fourth-order valence-electron chi connectivity index (χ4n) is 4.39. The lowest BCUT2D eigenvalue weighted by molar-refractivity contribution is 0.0384. The molecule has 0 radical (unpaired) electrons. The largest absolute Gasteiger partial charge is 0.360 e. The van der Waals surface area contributed by atoms with Gasteiger partial charge in [-0.3, -0.25) is 4.79 Å². The van der Waals surface area contributed by atoms with E-state index < -0.39 is 21.9 Å². The first-order chi connectivity index (χ1) is 12.8. The number of amides is 3. The van der Waals surface area contributed by atoms with Crippen LogP contribution in [0.3, 0.4) is 0 Å². The molecule has 2 atom stereocenters. The highest BCUT2D eigenvalue weighted by atomic mass is 32.2. The van der Waals surface area contributed by atoms with E-state index in [0.29, 0.717) is 12.2 Å². The van der Waals surface area contributed by atoms with Crippen molar-refractivity contribution in [2.24, 2.45) is 0 Å². The zero-order chi connectivity index (χ0) is 19.3. The van der Waals surface area contributed by atoms with E-state index in [1.165, 1.54) is 4.90 Å². The van der Waals surface area contributed by atoms with E-state index in [2.05, 4.69) is 5.16 Å². The summed E-state index contributed by atoms with van der Waals surface area (Å²) in [6, 6.07) is -1.30. The molecule has 0 bridgehead atoms. The summed E-state index contributed by atoms with van der Waals surface area (Å²) in [5, 5.41) is 4.00. The number of urea groups is 1. The molecule has 148 valence electrons. The number of sulfone groups is 1. The van der Waals surface area contributed by atoms with Gasteiger partial charge in [0.25, 0.3) is 5.91 Å². The van der Waals surface area contributed by atoms with E-state index in [4.69, 9.17) is 4.52 Å². The highest BCUT2D eigenvalue weighted by Gasteiger charge is 2.50. The molecule has 27 heavy (non-hydrogen) atoms. The summed E-state index contributed by atoms with van der Waals surface area (Å²) in [5.74, 6) is 0.242. The van der Waals surface area contributed by atoms with Crippen LogP contribution in [0.15, 0.2) is 4.52 Å². The Morgan fingerprint density at radius 2 is 1.70 bits per heavy atom. The van der Waals surface area contributed by atoms with Gasteiger partial charge in [0.05, 0.1) is 23.6 Å². The number of piperazine rings is 1. The van der Waals surface area contributed by atoms with Crippen molar-refractivity contribution in [3.05, 3.63) is 17.0 Å². The second-order valence-electron chi connectivity index (χ2n) is 7.72. The number of aromatic nitrogens is 1. The number of carbonyl (C=O) groups is 2. The van der Waals surface area contributed by atoms with Crippen molar-refractivity contribution in [1.82, 2.24) is 19.9 Å². The molecule has 0 aromatic carbocycles. The van der Waals surface area contributed by atoms with Gasteiger partial charge in [-0.2, -0.15) is 0 Å². The van der Waals surface area contributed by atoms with E-state index in [-0.39, 0.29) is 30.0 Å². The first kappa shape index (κ1) is 18.3. The molecule has 0 N–H and O–H groups in total. The topological polar surface area (TPSA) is 104 Å². The zero-order valence-corrected chi connectivity index (χ0v) is 16.4. The van der Waals surface area contributed by atoms with Crippen molar-refractivity contribution in [2.75, 3.05) is 38.7 Å². The molecular weight excluding hydrogens is 372 g/mol. The number of rotatable bonds is 1. The molecule has 1 aromatic heterocycles. The minimum atomic E-state index is -3.32. The molecule has 10 heteroatoms. The van der Waals surface area contributed by atoms with Crippen molar-refractivity contribution in [2.45, 2.75) is 37.8 Å². The number of aryl methyl sites for hydroxylation is 1. The minimum absolute atomic E-state index is 0.113. The van der Waals surface area contributed by atoms with Gasteiger partial charge in [0.1, 0.15) is 5.76 Å². The SMILES string of the molecule is CN(C)C(=O)N1CCN(C(=O)c2noc3c2CCCC3)[C@@H]2CS(=O)(=O)C[C@@H]21. The second kappa shape index (κ2) is 6.50. The Morgan fingerprint density at radius 1 is 1.07 bits per heavy atom. The third kappa shape index (κ3) is 3.09. The predicted octanol–water partition coefficient (Wildman–Crippen LogP) is 0.158. The Hall–Kier alpha value is -2.10. The normalized spacial score (nSPS) is 26.4. The first-order valence-electron chi connectivity index (χ1n) is 9.25. The lowest BCUT2D eigenvalue weighted by Gasteiger charge is -2.44. The maximum absolute atomic E-state index is 13.2. The summed E-state index contributed by atoms with van der Waals surface area (Å²) in [6.07, 6.45) is 3.54. The van der Waals surface area contributed by atoms with Crippen molar-refractivity contribution in [3.63, 3.8) is 0 Å². The van der Waals surface area contributed by atoms with Crippen molar-refractivity contribution >= 4 is 21.8 Å². The molecule has 0 spiro atoms.